The zero-order valence-electron chi connectivity index (χ0n) is 10.4. The van der Waals surface area contributed by atoms with Crippen LogP contribution in [-0.4, -0.2) is 50.2 Å². The Balaban J connectivity index is 1.88. The van der Waals surface area contributed by atoms with E-state index in [0.717, 1.165) is 51.0 Å². The number of hydrogen-bond acceptors (Lipinski definition) is 4. The molecule has 0 saturated carbocycles. The summed E-state index contributed by atoms with van der Waals surface area (Å²) < 4.78 is 0. The first kappa shape index (κ1) is 12.8. The molecule has 4 nitrogen and oxygen atoms in total. The van der Waals surface area contributed by atoms with E-state index in [0.29, 0.717) is 12.0 Å². The largest absolute Gasteiger partial charge is 0.369 e. The molecular weight excluding hydrogens is 228 g/mol. The lowest BCUT2D eigenvalue weighted by Crippen LogP contribution is -2.46. The van der Waals surface area contributed by atoms with Crippen molar-refractivity contribution in [3.63, 3.8) is 0 Å². The highest BCUT2D eigenvalue weighted by atomic mass is 16.1. The van der Waals surface area contributed by atoms with E-state index in [1.54, 1.807) is 0 Å². The highest BCUT2D eigenvalue weighted by Gasteiger charge is 2.16. The van der Waals surface area contributed by atoms with Crippen molar-refractivity contribution in [1.82, 2.24) is 4.90 Å². The van der Waals surface area contributed by atoms with Crippen molar-refractivity contribution in [2.75, 3.05) is 37.6 Å². The zero-order valence-corrected chi connectivity index (χ0v) is 10.4. The summed E-state index contributed by atoms with van der Waals surface area (Å²) in [7, 11) is 0. The van der Waals surface area contributed by atoms with Gasteiger partial charge in [0.25, 0.3) is 0 Å². The van der Waals surface area contributed by atoms with Crippen molar-refractivity contribution >= 4 is 18.3 Å². The lowest BCUT2D eigenvalue weighted by atomic mass is 10.2. The Labute approximate surface area is 107 Å². The van der Waals surface area contributed by atoms with Crippen LogP contribution in [0.25, 0.3) is 0 Å². The first-order valence-electron chi connectivity index (χ1n) is 6.29. The maximum atomic E-state index is 10.6. The average Bonchev–Trinajstić information content (AvgIpc) is 2.46. The third kappa shape index (κ3) is 3.17. The third-order valence-electron chi connectivity index (χ3n) is 3.33. The molecule has 0 N–H and O–H groups in total. The molecule has 1 heterocycles. The molecule has 18 heavy (non-hydrogen) atoms. The quantitative estimate of drug-likeness (QED) is 0.732. The standard InChI is InChI=1S/C14H18N2O2/c17-11-1-6-15-7-9-16(10-8-15)14-4-2-13(12-18)3-5-14/h2-5,11-12H,1,6-10H2. The highest BCUT2D eigenvalue weighted by molar-refractivity contribution is 5.75. The summed E-state index contributed by atoms with van der Waals surface area (Å²) in [6.45, 7) is 4.78. The van der Waals surface area contributed by atoms with Crippen LogP contribution >= 0.6 is 0 Å². The molecule has 1 aromatic rings. The molecule has 4 heteroatoms. The normalized spacial score (nSPS) is 16.6. The first-order chi connectivity index (χ1) is 8.83. The van der Waals surface area contributed by atoms with Crippen LogP contribution in [0.15, 0.2) is 24.3 Å². The Morgan fingerprint density at radius 2 is 1.67 bits per heavy atom. The van der Waals surface area contributed by atoms with Gasteiger partial charge in [0.2, 0.25) is 0 Å². The number of aldehydes is 2. The lowest BCUT2D eigenvalue weighted by molar-refractivity contribution is -0.108. The number of benzene rings is 1. The van der Waals surface area contributed by atoms with Crippen molar-refractivity contribution < 1.29 is 9.59 Å². The molecule has 0 unspecified atom stereocenters. The Hall–Kier alpha value is -1.68. The van der Waals surface area contributed by atoms with Crippen LogP contribution in [0, 0.1) is 0 Å². The summed E-state index contributed by atoms with van der Waals surface area (Å²) in [6.07, 6.45) is 2.46. The van der Waals surface area contributed by atoms with Gasteiger partial charge in [-0.2, -0.15) is 0 Å². The van der Waals surface area contributed by atoms with E-state index < -0.39 is 0 Å². The van der Waals surface area contributed by atoms with E-state index >= 15 is 0 Å². The molecule has 1 aliphatic heterocycles. The molecule has 0 amide bonds. The molecule has 0 aliphatic carbocycles. The van der Waals surface area contributed by atoms with Crippen molar-refractivity contribution in [2.45, 2.75) is 6.42 Å². The predicted molar refractivity (Wildman–Crippen MR) is 71.2 cm³/mol. The average molecular weight is 246 g/mol. The number of hydrogen-bond donors (Lipinski definition) is 0. The smallest absolute Gasteiger partial charge is 0.150 e. The fourth-order valence-electron chi connectivity index (χ4n) is 2.23. The van der Waals surface area contributed by atoms with Crippen LogP contribution in [0.5, 0.6) is 0 Å². The van der Waals surface area contributed by atoms with E-state index in [4.69, 9.17) is 0 Å². The van der Waals surface area contributed by atoms with Gasteiger partial charge in [0.1, 0.15) is 12.6 Å². The van der Waals surface area contributed by atoms with Crippen molar-refractivity contribution in [3.05, 3.63) is 29.8 Å². The van der Waals surface area contributed by atoms with Crippen molar-refractivity contribution in [1.29, 1.82) is 0 Å². The fraction of sp³-hybridized carbons (Fsp3) is 0.429. The number of piperazine rings is 1. The predicted octanol–water partition coefficient (Wildman–Crippen LogP) is 1.21. The van der Waals surface area contributed by atoms with Gasteiger partial charge in [0, 0.05) is 50.4 Å². The summed E-state index contributed by atoms with van der Waals surface area (Å²) in [4.78, 5) is 25.5. The molecule has 0 aromatic heterocycles. The summed E-state index contributed by atoms with van der Waals surface area (Å²) in [5.41, 5.74) is 1.87. The van der Waals surface area contributed by atoms with Crippen LogP contribution in [0.1, 0.15) is 16.8 Å². The Morgan fingerprint density at radius 3 is 2.22 bits per heavy atom. The minimum absolute atomic E-state index is 0.619. The van der Waals surface area contributed by atoms with Gasteiger partial charge in [-0.1, -0.05) is 0 Å². The maximum Gasteiger partial charge on any atom is 0.150 e. The van der Waals surface area contributed by atoms with Gasteiger partial charge in [-0.05, 0) is 24.3 Å². The Kier molecular flexibility index (Phi) is 4.47. The van der Waals surface area contributed by atoms with Gasteiger partial charge >= 0.3 is 0 Å². The van der Waals surface area contributed by atoms with Crippen LogP contribution in [0.4, 0.5) is 5.69 Å². The van der Waals surface area contributed by atoms with E-state index in [2.05, 4.69) is 9.80 Å². The zero-order chi connectivity index (χ0) is 12.8. The highest BCUT2D eigenvalue weighted by Crippen LogP contribution is 2.16. The first-order valence-corrected chi connectivity index (χ1v) is 6.29. The number of carbonyl (C=O) groups excluding carboxylic acids is 2. The topological polar surface area (TPSA) is 40.6 Å². The van der Waals surface area contributed by atoms with Crippen LogP contribution < -0.4 is 4.90 Å². The number of anilines is 1. The van der Waals surface area contributed by atoms with Gasteiger partial charge < -0.3 is 9.69 Å². The van der Waals surface area contributed by atoms with Crippen LogP contribution in [0.2, 0.25) is 0 Å². The number of carbonyl (C=O) groups is 2. The molecule has 1 aliphatic rings. The monoisotopic (exact) mass is 246 g/mol. The van der Waals surface area contributed by atoms with Gasteiger partial charge in [0.15, 0.2) is 0 Å². The molecule has 0 radical (unpaired) electrons. The SMILES string of the molecule is O=CCCN1CCN(c2ccc(C=O)cc2)CC1. The van der Waals surface area contributed by atoms with Gasteiger partial charge in [-0.3, -0.25) is 9.69 Å². The maximum absolute atomic E-state index is 10.6. The summed E-state index contributed by atoms with van der Waals surface area (Å²) in [6, 6.07) is 7.68. The molecule has 0 bridgehead atoms. The van der Waals surface area contributed by atoms with E-state index in [-0.39, 0.29) is 0 Å². The minimum Gasteiger partial charge on any atom is -0.369 e. The van der Waals surface area contributed by atoms with Crippen molar-refractivity contribution in [3.8, 4) is 0 Å². The minimum atomic E-state index is 0.619. The molecule has 96 valence electrons. The third-order valence-corrected chi connectivity index (χ3v) is 3.33. The lowest BCUT2D eigenvalue weighted by Gasteiger charge is -2.35. The van der Waals surface area contributed by atoms with Crippen molar-refractivity contribution in [2.24, 2.45) is 0 Å². The molecule has 0 spiro atoms. The molecular formula is C14H18N2O2. The molecule has 0 atom stereocenters. The van der Waals surface area contributed by atoms with E-state index in [1.807, 2.05) is 24.3 Å². The number of rotatable bonds is 5. The fourth-order valence-corrected chi connectivity index (χ4v) is 2.23. The second kappa shape index (κ2) is 6.31. The Morgan fingerprint density at radius 1 is 1.00 bits per heavy atom. The summed E-state index contributed by atoms with van der Waals surface area (Å²) in [5.74, 6) is 0. The van der Waals surface area contributed by atoms with Gasteiger partial charge in [0.05, 0.1) is 0 Å². The number of nitrogens with zero attached hydrogens (tertiary/aromatic N) is 2. The van der Waals surface area contributed by atoms with E-state index in [1.165, 1.54) is 0 Å². The van der Waals surface area contributed by atoms with E-state index in [9.17, 15) is 9.59 Å². The van der Waals surface area contributed by atoms with Gasteiger partial charge in [-0.15, -0.1) is 0 Å². The molecule has 1 aromatic carbocycles. The second-order valence-electron chi connectivity index (χ2n) is 4.49. The van der Waals surface area contributed by atoms with Crippen LogP contribution in [0.3, 0.4) is 0 Å². The van der Waals surface area contributed by atoms with Gasteiger partial charge in [-0.25, -0.2) is 0 Å². The molecule has 1 saturated heterocycles. The molecule has 2 rings (SSSR count). The summed E-state index contributed by atoms with van der Waals surface area (Å²) >= 11 is 0. The van der Waals surface area contributed by atoms with Crippen LogP contribution in [-0.2, 0) is 4.79 Å². The second-order valence-corrected chi connectivity index (χ2v) is 4.49. The molecule has 1 fully saturated rings. The summed E-state index contributed by atoms with van der Waals surface area (Å²) in [5, 5.41) is 0. The Bertz CT molecular complexity index is 395.